The Kier molecular flexibility index (Phi) is 3.84. The normalized spacial score (nSPS) is 17.6. The van der Waals surface area contributed by atoms with Gasteiger partial charge < -0.3 is 9.47 Å². The lowest BCUT2D eigenvalue weighted by Gasteiger charge is -2.40. The van der Waals surface area contributed by atoms with Gasteiger partial charge >= 0.3 is 0 Å². The number of pyridine rings is 1. The Hall–Kier alpha value is -0.170. The summed E-state index contributed by atoms with van der Waals surface area (Å²) in [5.41, 5.74) is 0.374. The number of ether oxygens (including phenoxy) is 2. The third-order valence-electron chi connectivity index (χ3n) is 2.31. The molecule has 0 saturated carbocycles. The van der Waals surface area contributed by atoms with Gasteiger partial charge in [-0.05, 0) is 46.5 Å². The first-order valence-electron chi connectivity index (χ1n) is 4.63. The van der Waals surface area contributed by atoms with Crippen LogP contribution in [0.1, 0.15) is 5.69 Å². The van der Waals surface area contributed by atoms with Gasteiger partial charge in [-0.2, -0.15) is 0 Å². The van der Waals surface area contributed by atoms with Crippen LogP contribution in [0.15, 0.2) is 22.8 Å². The van der Waals surface area contributed by atoms with Crippen LogP contribution in [0.5, 0.6) is 0 Å². The van der Waals surface area contributed by atoms with Crippen LogP contribution in [0.2, 0.25) is 0 Å². The van der Waals surface area contributed by atoms with Gasteiger partial charge in [-0.25, -0.2) is 0 Å². The lowest BCUT2D eigenvalue weighted by Crippen LogP contribution is -2.50. The van der Waals surface area contributed by atoms with E-state index in [-0.39, 0.29) is 0 Å². The molecule has 1 aromatic heterocycles. The van der Waals surface area contributed by atoms with Gasteiger partial charge in [-0.3, -0.25) is 4.98 Å². The van der Waals surface area contributed by atoms with E-state index in [0.717, 1.165) is 10.2 Å². The van der Waals surface area contributed by atoms with Crippen molar-refractivity contribution < 1.29 is 9.47 Å². The average molecular weight is 320 g/mol. The highest BCUT2D eigenvalue weighted by Gasteiger charge is 2.45. The van der Waals surface area contributed by atoms with Gasteiger partial charge in [-0.15, -0.1) is 0 Å². The average Bonchev–Trinajstić information content (AvgIpc) is 2.24. The molecule has 0 aliphatic carbocycles. The second-order valence-electron chi connectivity index (χ2n) is 3.40. The number of hydrogen-bond acceptors (Lipinski definition) is 5. The fraction of sp³-hybridized carbons (Fsp3) is 0.400. The fourth-order valence-corrected chi connectivity index (χ4v) is 2.03. The van der Waals surface area contributed by atoms with Gasteiger partial charge in [0.15, 0.2) is 5.60 Å². The Bertz CT molecular complexity index is 392. The van der Waals surface area contributed by atoms with Crippen molar-refractivity contribution in [2.24, 2.45) is 0 Å². The minimum absolute atomic E-state index is 0.485. The van der Waals surface area contributed by atoms with Crippen molar-refractivity contribution in [3.8, 4) is 0 Å². The number of hydrogen-bond donors (Lipinski definition) is 0. The highest BCUT2D eigenvalue weighted by Crippen LogP contribution is 2.34. The minimum atomic E-state index is -0.485. The van der Waals surface area contributed by atoms with Crippen LogP contribution in [-0.4, -0.2) is 28.8 Å². The fourth-order valence-electron chi connectivity index (χ4n) is 1.39. The molecule has 1 saturated heterocycles. The summed E-state index contributed by atoms with van der Waals surface area (Å²) in [6, 6.07) is 3.86. The summed E-state index contributed by atoms with van der Waals surface area (Å²) in [4.78, 5) is 4.34. The summed E-state index contributed by atoms with van der Waals surface area (Å²) in [6.07, 6.45) is 3.64. The van der Waals surface area contributed by atoms with Crippen molar-refractivity contribution in [3.05, 3.63) is 28.5 Å². The summed E-state index contributed by atoms with van der Waals surface area (Å²) in [5, 5.41) is 0. The van der Waals surface area contributed by atoms with Crippen molar-refractivity contribution in [3.63, 3.8) is 0 Å². The molecule has 2 rings (SSSR count). The van der Waals surface area contributed by atoms with Crippen molar-refractivity contribution in [2.45, 2.75) is 5.60 Å². The monoisotopic (exact) mass is 319 g/mol. The van der Waals surface area contributed by atoms with Crippen molar-refractivity contribution in [2.75, 3.05) is 19.5 Å². The first-order chi connectivity index (χ1) is 7.66. The van der Waals surface area contributed by atoms with Gasteiger partial charge in [0.2, 0.25) is 4.38 Å². The van der Waals surface area contributed by atoms with Crippen LogP contribution < -0.4 is 0 Å². The predicted octanol–water partition coefficient (Wildman–Crippen LogP) is 2.73. The van der Waals surface area contributed by atoms with E-state index in [1.807, 2.05) is 18.4 Å². The number of halogens is 1. The maximum Gasteiger partial charge on any atom is 0.220 e. The molecule has 1 aliphatic rings. The lowest BCUT2D eigenvalue weighted by atomic mass is 9.97. The zero-order valence-corrected chi connectivity index (χ0v) is 11.8. The molecule has 0 aromatic carbocycles. The number of aromatic nitrogens is 1. The number of thioether (sulfide) groups is 1. The van der Waals surface area contributed by atoms with Gasteiger partial charge in [0.25, 0.3) is 0 Å². The molecule has 0 spiro atoms. The first kappa shape index (κ1) is 12.3. The van der Waals surface area contributed by atoms with Gasteiger partial charge in [0, 0.05) is 10.7 Å². The third-order valence-corrected chi connectivity index (χ3v) is 3.78. The zero-order valence-electron chi connectivity index (χ0n) is 8.60. The van der Waals surface area contributed by atoms with Crippen LogP contribution in [0, 0.1) is 0 Å². The molecule has 0 bridgehead atoms. The van der Waals surface area contributed by atoms with E-state index in [4.69, 9.17) is 21.7 Å². The number of nitrogens with zero attached hydrogens (tertiary/aromatic N) is 1. The SMILES string of the molecule is CSC(=S)OC1(c2ccc(Br)cn2)COC1. The second kappa shape index (κ2) is 5.00. The molecular formula is C10H10BrNO2S2. The smallest absolute Gasteiger partial charge is 0.220 e. The molecule has 1 fully saturated rings. The molecule has 0 unspecified atom stereocenters. The maximum absolute atomic E-state index is 5.74. The van der Waals surface area contributed by atoms with Crippen molar-refractivity contribution >= 4 is 44.3 Å². The molecule has 86 valence electrons. The van der Waals surface area contributed by atoms with Crippen molar-refractivity contribution in [1.29, 1.82) is 0 Å². The van der Waals surface area contributed by atoms with Crippen LogP contribution in [-0.2, 0) is 15.1 Å². The van der Waals surface area contributed by atoms with Crippen molar-refractivity contribution in [1.82, 2.24) is 4.98 Å². The summed E-state index contributed by atoms with van der Waals surface area (Å²) in [5.74, 6) is 0. The summed E-state index contributed by atoms with van der Waals surface area (Å²) in [7, 11) is 0. The van der Waals surface area contributed by atoms with Gasteiger partial charge in [-0.1, -0.05) is 11.8 Å². The lowest BCUT2D eigenvalue weighted by molar-refractivity contribution is -0.174. The van der Waals surface area contributed by atoms with Crippen LogP contribution in [0.4, 0.5) is 0 Å². The summed E-state index contributed by atoms with van der Waals surface area (Å²) in [6.45, 7) is 1.00. The Morgan fingerprint density at radius 2 is 2.38 bits per heavy atom. The first-order valence-corrected chi connectivity index (χ1v) is 7.06. The van der Waals surface area contributed by atoms with Gasteiger partial charge in [0.05, 0.1) is 18.9 Å². The molecule has 0 radical (unpaired) electrons. The Balaban J connectivity index is 2.21. The van der Waals surface area contributed by atoms with Gasteiger partial charge in [0.1, 0.15) is 0 Å². The highest BCUT2D eigenvalue weighted by atomic mass is 79.9. The second-order valence-corrected chi connectivity index (χ2v) is 5.73. The van der Waals surface area contributed by atoms with E-state index >= 15 is 0 Å². The maximum atomic E-state index is 5.74. The molecule has 2 heterocycles. The highest BCUT2D eigenvalue weighted by molar-refractivity contribution is 9.10. The molecule has 0 amide bonds. The Morgan fingerprint density at radius 3 is 2.81 bits per heavy atom. The third kappa shape index (κ3) is 2.40. The summed E-state index contributed by atoms with van der Waals surface area (Å²) >= 11 is 9.85. The van der Waals surface area contributed by atoms with E-state index in [1.54, 1.807) is 6.20 Å². The quantitative estimate of drug-likeness (QED) is 0.782. The van der Waals surface area contributed by atoms with E-state index in [2.05, 4.69) is 20.9 Å². The molecule has 1 aliphatic heterocycles. The number of thiocarbonyl (C=S) groups is 1. The largest absolute Gasteiger partial charge is 0.460 e. The Labute approximate surface area is 112 Å². The van der Waals surface area contributed by atoms with E-state index in [1.165, 1.54) is 11.8 Å². The summed E-state index contributed by atoms with van der Waals surface area (Å²) < 4.78 is 12.4. The molecule has 0 atom stereocenters. The minimum Gasteiger partial charge on any atom is -0.460 e. The zero-order chi connectivity index (χ0) is 11.6. The molecular weight excluding hydrogens is 310 g/mol. The molecule has 1 aromatic rings. The molecule has 0 N–H and O–H groups in total. The number of rotatable bonds is 2. The van der Waals surface area contributed by atoms with E-state index in [0.29, 0.717) is 17.6 Å². The molecule has 16 heavy (non-hydrogen) atoms. The van der Waals surface area contributed by atoms with Crippen LogP contribution >= 0.6 is 39.9 Å². The van der Waals surface area contributed by atoms with E-state index < -0.39 is 5.60 Å². The van der Waals surface area contributed by atoms with Crippen LogP contribution in [0.25, 0.3) is 0 Å². The molecule has 6 heteroatoms. The Morgan fingerprint density at radius 1 is 1.62 bits per heavy atom. The standard InChI is InChI=1S/C10H10BrNO2S2/c1-16-9(15)14-10(5-13-6-10)8-3-2-7(11)4-12-8/h2-4H,5-6H2,1H3. The topological polar surface area (TPSA) is 31.4 Å². The van der Waals surface area contributed by atoms with Crippen LogP contribution in [0.3, 0.4) is 0 Å². The molecule has 3 nitrogen and oxygen atoms in total. The van der Waals surface area contributed by atoms with E-state index in [9.17, 15) is 0 Å². The predicted molar refractivity (Wildman–Crippen MR) is 71.6 cm³/mol.